The fraction of sp³-hybridized carbons (Fsp3) is 0.231. The Morgan fingerprint density at radius 3 is 2.60 bits per heavy atom. The van der Waals surface area contributed by atoms with Crippen molar-refractivity contribution in [3.8, 4) is 0 Å². The van der Waals surface area contributed by atoms with Crippen LogP contribution in [0, 0.1) is 11.6 Å². The summed E-state index contributed by atoms with van der Waals surface area (Å²) in [5.41, 5.74) is -1.11. The molecule has 2 amide bonds. The van der Waals surface area contributed by atoms with Gasteiger partial charge in [0.25, 0.3) is 0 Å². The summed E-state index contributed by atoms with van der Waals surface area (Å²) in [5.74, 6) is -3.79. The lowest BCUT2D eigenvalue weighted by Crippen LogP contribution is -2.29. The summed E-state index contributed by atoms with van der Waals surface area (Å²) in [6.45, 7) is 2.17. The second-order valence-corrected chi connectivity index (χ2v) is 3.86. The number of aromatic carboxylic acids is 1. The maximum Gasteiger partial charge on any atom is 0.338 e. The average molecular weight is 284 g/mol. The molecule has 0 saturated carbocycles. The Hall–Kier alpha value is -2.44. The molecule has 0 unspecified atom stereocenters. The van der Waals surface area contributed by atoms with E-state index in [9.17, 15) is 18.4 Å². The largest absolute Gasteiger partial charge is 0.478 e. The average Bonchev–Trinajstić information content (AvgIpc) is 2.37. The lowest BCUT2D eigenvalue weighted by molar-refractivity contribution is 0.0692. The van der Waals surface area contributed by atoms with Gasteiger partial charge in [-0.05, 0) is 19.4 Å². The van der Waals surface area contributed by atoms with Crippen LogP contribution in [0.4, 0.5) is 19.3 Å². The van der Waals surface area contributed by atoms with Gasteiger partial charge in [-0.2, -0.15) is 0 Å². The van der Waals surface area contributed by atoms with Gasteiger partial charge >= 0.3 is 12.0 Å². The molecule has 0 radical (unpaired) electrons. The zero-order valence-corrected chi connectivity index (χ0v) is 10.7. The van der Waals surface area contributed by atoms with Crippen molar-refractivity contribution >= 4 is 17.7 Å². The van der Waals surface area contributed by atoms with Crippen molar-refractivity contribution in [1.29, 1.82) is 0 Å². The molecule has 108 valence electrons. The van der Waals surface area contributed by atoms with Crippen LogP contribution in [0.5, 0.6) is 0 Å². The Kier molecular flexibility index (Phi) is 5.64. The van der Waals surface area contributed by atoms with Gasteiger partial charge in [-0.25, -0.2) is 18.4 Å². The third-order valence-electron chi connectivity index (χ3n) is 2.37. The molecule has 3 N–H and O–H groups in total. The number of benzene rings is 1. The second kappa shape index (κ2) is 7.22. The number of carbonyl (C=O) groups excluding carboxylic acids is 1. The smallest absolute Gasteiger partial charge is 0.338 e. The molecule has 0 bridgehead atoms. The molecule has 7 heteroatoms. The Bertz CT molecular complexity index is 545. The van der Waals surface area contributed by atoms with E-state index in [4.69, 9.17) is 5.11 Å². The second-order valence-electron chi connectivity index (χ2n) is 3.86. The number of carbonyl (C=O) groups is 2. The number of allylic oxidation sites excluding steroid dienone is 1. The van der Waals surface area contributed by atoms with Gasteiger partial charge in [-0.15, -0.1) is 0 Å². The monoisotopic (exact) mass is 284 g/mol. The maximum atomic E-state index is 13.4. The summed E-state index contributed by atoms with van der Waals surface area (Å²) in [4.78, 5) is 22.2. The molecule has 0 atom stereocenters. The van der Waals surface area contributed by atoms with Crippen LogP contribution in [-0.4, -0.2) is 23.7 Å². The molecule has 0 spiro atoms. The number of nitrogens with one attached hydrogen (secondary N) is 2. The standard InChI is InChI=1S/C13H14F2N2O3/c1-2-3-4-5-16-13(20)17-11-6-8(12(18)19)9(14)7-10(11)15/h2-3,6-7H,4-5H2,1H3,(H,18,19)(H2,16,17,20)/b3-2+. The SMILES string of the molecule is C/C=C/CCNC(=O)Nc1cc(C(=O)O)c(F)cc1F. The topological polar surface area (TPSA) is 78.4 Å². The van der Waals surface area contributed by atoms with Gasteiger partial charge in [0.2, 0.25) is 0 Å². The molecule has 0 heterocycles. The van der Waals surface area contributed by atoms with Crippen LogP contribution < -0.4 is 10.6 Å². The third kappa shape index (κ3) is 4.34. The van der Waals surface area contributed by atoms with Crippen LogP contribution in [0.3, 0.4) is 0 Å². The van der Waals surface area contributed by atoms with Crippen molar-refractivity contribution < 1.29 is 23.5 Å². The predicted octanol–water partition coefficient (Wildman–Crippen LogP) is 2.75. The zero-order chi connectivity index (χ0) is 15.1. The van der Waals surface area contributed by atoms with E-state index >= 15 is 0 Å². The lowest BCUT2D eigenvalue weighted by Gasteiger charge is -2.09. The van der Waals surface area contributed by atoms with E-state index in [1.54, 1.807) is 0 Å². The normalized spacial score (nSPS) is 10.6. The Morgan fingerprint density at radius 2 is 2.00 bits per heavy atom. The first kappa shape index (κ1) is 15.6. The molecule has 20 heavy (non-hydrogen) atoms. The molecule has 1 aromatic carbocycles. The number of anilines is 1. The first-order chi connectivity index (χ1) is 9.45. The van der Waals surface area contributed by atoms with Gasteiger partial charge in [0.1, 0.15) is 11.6 Å². The number of hydrogen-bond acceptors (Lipinski definition) is 2. The van der Waals surface area contributed by atoms with E-state index in [2.05, 4.69) is 10.6 Å². The molecule has 0 saturated heterocycles. The van der Waals surface area contributed by atoms with E-state index in [-0.39, 0.29) is 0 Å². The molecule has 0 aliphatic rings. The first-order valence-corrected chi connectivity index (χ1v) is 5.84. The van der Waals surface area contributed by atoms with Gasteiger partial charge in [0, 0.05) is 12.6 Å². The number of urea groups is 1. The minimum absolute atomic E-state index is 0.338. The highest BCUT2D eigenvalue weighted by Crippen LogP contribution is 2.19. The third-order valence-corrected chi connectivity index (χ3v) is 2.37. The predicted molar refractivity (Wildman–Crippen MR) is 69.8 cm³/mol. The van der Waals surface area contributed by atoms with E-state index in [1.165, 1.54) is 0 Å². The molecule has 1 aromatic rings. The van der Waals surface area contributed by atoms with Crippen LogP contribution in [0.25, 0.3) is 0 Å². The summed E-state index contributed by atoms with van der Waals surface area (Å²) in [6.07, 6.45) is 4.26. The van der Waals surface area contributed by atoms with Gasteiger partial charge in [-0.1, -0.05) is 12.2 Å². The molecule has 0 aliphatic heterocycles. The number of carboxylic acid groups (broad SMARTS) is 1. The zero-order valence-electron chi connectivity index (χ0n) is 10.7. The van der Waals surface area contributed by atoms with Crippen LogP contribution in [0.15, 0.2) is 24.3 Å². The van der Waals surface area contributed by atoms with Crippen molar-refractivity contribution in [1.82, 2.24) is 5.32 Å². The molecule has 0 aliphatic carbocycles. The van der Waals surface area contributed by atoms with Crippen molar-refractivity contribution in [2.45, 2.75) is 13.3 Å². The number of hydrogen-bond donors (Lipinski definition) is 3. The minimum Gasteiger partial charge on any atom is -0.478 e. The van der Waals surface area contributed by atoms with Gasteiger partial charge in [-0.3, -0.25) is 0 Å². The van der Waals surface area contributed by atoms with E-state index in [0.717, 1.165) is 6.07 Å². The molecule has 5 nitrogen and oxygen atoms in total. The highest BCUT2D eigenvalue weighted by atomic mass is 19.1. The Morgan fingerprint density at radius 1 is 1.30 bits per heavy atom. The summed E-state index contributed by atoms with van der Waals surface area (Å²) in [7, 11) is 0. The molecule has 1 rings (SSSR count). The van der Waals surface area contributed by atoms with Gasteiger partial charge in [0.15, 0.2) is 0 Å². The highest BCUT2D eigenvalue weighted by molar-refractivity contribution is 5.93. The van der Waals surface area contributed by atoms with Gasteiger partial charge in [0.05, 0.1) is 11.3 Å². The minimum atomic E-state index is -1.54. The molecule has 0 fully saturated rings. The summed E-state index contributed by atoms with van der Waals surface area (Å²) in [6, 6.07) is 0.452. The number of halogens is 2. The molecular formula is C13H14F2N2O3. The first-order valence-electron chi connectivity index (χ1n) is 5.84. The Balaban J connectivity index is 2.74. The number of amides is 2. The molecule has 0 aromatic heterocycles. The highest BCUT2D eigenvalue weighted by Gasteiger charge is 2.16. The van der Waals surface area contributed by atoms with Crippen LogP contribution in [0.1, 0.15) is 23.7 Å². The number of rotatable bonds is 5. The quantitative estimate of drug-likeness (QED) is 0.574. The van der Waals surface area contributed by atoms with Gasteiger partial charge < -0.3 is 15.7 Å². The van der Waals surface area contributed by atoms with Crippen LogP contribution in [0.2, 0.25) is 0 Å². The number of carboxylic acids is 1. The van der Waals surface area contributed by atoms with E-state index in [0.29, 0.717) is 19.0 Å². The van der Waals surface area contributed by atoms with Crippen molar-refractivity contribution in [3.63, 3.8) is 0 Å². The van der Waals surface area contributed by atoms with Crippen molar-refractivity contribution in [3.05, 3.63) is 41.5 Å². The van der Waals surface area contributed by atoms with Crippen molar-refractivity contribution in [2.24, 2.45) is 0 Å². The van der Waals surface area contributed by atoms with Crippen LogP contribution >= 0.6 is 0 Å². The molecular weight excluding hydrogens is 270 g/mol. The Labute approximate surface area is 114 Å². The van der Waals surface area contributed by atoms with E-state index < -0.39 is 34.9 Å². The fourth-order valence-corrected chi connectivity index (χ4v) is 1.41. The lowest BCUT2D eigenvalue weighted by atomic mass is 10.2. The van der Waals surface area contributed by atoms with Crippen molar-refractivity contribution in [2.75, 3.05) is 11.9 Å². The van der Waals surface area contributed by atoms with Crippen LogP contribution in [-0.2, 0) is 0 Å². The summed E-state index contributed by atoms with van der Waals surface area (Å²) < 4.78 is 26.6. The fourth-order valence-electron chi connectivity index (χ4n) is 1.41. The summed E-state index contributed by atoms with van der Waals surface area (Å²) >= 11 is 0. The summed E-state index contributed by atoms with van der Waals surface area (Å²) in [5, 5.41) is 13.3. The van der Waals surface area contributed by atoms with E-state index in [1.807, 2.05) is 19.1 Å². The maximum absolute atomic E-state index is 13.4.